The number of benzene rings is 4. The van der Waals surface area contributed by atoms with Gasteiger partial charge in [-0.3, -0.25) is 4.79 Å². The summed E-state index contributed by atoms with van der Waals surface area (Å²) in [5.41, 5.74) is 2.94. The topological polar surface area (TPSA) is 17.1 Å². The molecule has 0 N–H and O–H groups in total. The molecule has 0 aliphatic heterocycles. The molecule has 0 radical (unpaired) electrons. The highest BCUT2D eigenvalue weighted by molar-refractivity contribution is 7.24. The van der Waals surface area contributed by atoms with Crippen molar-refractivity contribution in [2.75, 3.05) is 0 Å². The van der Waals surface area contributed by atoms with Gasteiger partial charge in [0.05, 0.1) is 0 Å². The minimum absolute atomic E-state index is 0.0525. The van der Waals surface area contributed by atoms with Gasteiger partial charge < -0.3 is 0 Å². The van der Waals surface area contributed by atoms with Crippen LogP contribution in [0.2, 0.25) is 5.02 Å². The largest absolute Gasteiger partial charge is 0.289 e. The molecule has 4 aromatic carbocycles. The number of hydrogen-bond acceptors (Lipinski definition) is 2. The zero-order valence-corrected chi connectivity index (χ0v) is 21.0. The minimum Gasteiger partial charge on any atom is -0.289 e. The van der Waals surface area contributed by atoms with Crippen LogP contribution < -0.4 is 5.43 Å². The second-order valence-electron chi connectivity index (χ2n) is 10.9. The molecule has 0 amide bonds. The van der Waals surface area contributed by atoms with Crippen molar-refractivity contribution in [3.63, 3.8) is 0 Å². The predicted molar refractivity (Wildman–Crippen MR) is 143 cm³/mol. The van der Waals surface area contributed by atoms with Crippen LogP contribution in [0.4, 0.5) is 0 Å². The van der Waals surface area contributed by atoms with Crippen LogP contribution in [0.3, 0.4) is 0 Å². The number of fused-ring (bicyclic) bond motifs is 4. The molecule has 0 aliphatic carbocycles. The molecule has 0 spiro atoms. The lowest BCUT2D eigenvalue weighted by atomic mass is 9.74. The van der Waals surface area contributed by atoms with E-state index in [1.165, 1.54) is 21.9 Å². The molecular formula is C29H27ClOS. The number of halogens is 1. The fraction of sp³-hybridized carbons (Fsp3) is 0.276. The van der Waals surface area contributed by atoms with Crippen LogP contribution in [0, 0.1) is 0 Å². The van der Waals surface area contributed by atoms with Gasteiger partial charge in [0.25, 0.3) is 0 Å². The lowest BCUT2D eigenvalue weighted by Crippen LogP contribution is -2.21. The molecule has 0 bridgehead atoms. The number of rotatable bonds is 0. The molecule has 1 aromatic heterocycles. The van der Waals surface area contributed by atoms with Gasteiger partial charge >= 0.3 is 0 Å². The first-order valence-corrected chi connectivity index (χ1v) is 12.2. The van der Waals surface area contributed by atoms with Gasteiger partial charge in [-0.2, -0.15) is 0 Å². The summed E-state index contributed by atoms with van der Waals surface area (Å²) >= 11 is 7.81. The molecule has 0 saturated carbocycles. The maximum atomic E-state index is 13.2. The van der Waals surface area contributed by atoms with E-state index in [0.29, 0.717) is 10.4 Å². The highest BCUT2D eigenvalue weighted by atomic mass is 35.5. The molecule has 0 atom stereocenters. The van der Waals surface area contributed by atoms with E-state index in [0.717, 1.165) is 25.6 Å². The van der Waals surface area contributed by atoms with Gasteiger partial charge in [-0.15, -0.1) is 11.3 Å². The summed E-state index contributed by atoms with van der Waals surface area (Å²) in [6, 6.07) is 19.0. The molecule has 3 heteroatoms. The lowest BCUT2D eigenvalue weighted by molar-refractivity contribution is 0.531. The highest BCUT2D eigenvalue weighted by Crippen LogP contribution is 2.38. The first kappa shape index (κ1) is 21.4. The Hall–Kier alpha value is -2.42. The SMILES string of the molecule is CC(C)(C)c1cc2cc3cc4sc5ccc(Cl)cc5c(=O)c4cc3cc2cc1C(C)(C)C. The summed E-state index contributed by atoms with van der Waals surface area (Å²) < 4.78 is 1.98. The van der Waals surface area contributed by atoms with E-state index in [9.17, 15) is 4.79 Å². The molecule has 0 aliphatic rings. The Bertz CT molecular complexity index is 1610. The maximum absolute atomic E-state index is 13.2. The molecule has 1 heterocycles. The van der Waals surface area contributed by atoms with Gasteiger partial charge in [-0.25, -0.2) is 0 Å². The third-order valence-electron chi connectivity index (χ3n) is 6.30. The van der Waals surface area contributed by atoms with Crippen molar-refractivity contribution in [3.05, 3.63) is 81.0 Å². The van der Waals surface area contributed by atoms with Crippen molar-refractivity contribution in [2.24, 2.45) is 0 Å². The molecular weight excluding hydrogens is 432 g/mol. The summed E-state index contributed by atoms with van der Waals surface area (Å²) in [4.78, 5) is 13.2. The zero-order valence-electron chi connectivity index (χ0n) is 19.4. The van der Waals surface area contributed by atoms with E-state index < -0.39 is 0 Å². The van der Waals surface area contributed by atoms with E-state index in [2.05, 4.69) is 77.9 Å². The second kappa shape index (κ2) is 7.04. The van der Waals surface area contributed by atoms with E-state index in [1.54, 1.807) is 17.4 Å². The van der Waals surface area contributed by atoms with E-state index in [4.69, 9.17) is 11.6 Å². The molecule has 5 aromatic rings. The fourth-order valence-corrected chi connectivity index (χ4v) is 5.87. The van der Waals surface area contributed by atoms with Gasteiger partial charge in [-0.05, 0) is 86.0 Å². The van der Waals surface area contributed by atoms with Gasteiger partial charge in [0, 0.05) is 25.2 Å². The Balaban J connectivity index is 1.86. The molecule has 0 fully saturated rings. The second-order valence-corrected chi connectivity index (χ2v) is 12.4. The summed E-state index contributed by atoms with van der Waals surface area (Å²) in [5.74, 6) is 0. The van der Waals surface area contributed by atoms with Crippen LogP contribution in [0.5, 0.6) is 0 Å². The summed E-state index contributed by atoms with van der Waals surface area (Å²) in [5, 5.41) is 6.78. The molecule has 5 rings (SSSR count). The fourth-order valence-electron chi connectivity index (χ4n) is 4.62. The van der Waals surface area contributed by atoms with Gasteiger partial charge in [0.2, 0.25) is 0 Å². The predicted octanol–water partition coefficient (Wildman–Crippen LogP) is 8.97. The van der Waals surface area contributed by atoms with Gasteiger partial charge in [0.15, 0.2) is 5.43 Å². The van der Waals surface area contributed by atoms with Crippen molar-refractivity contribution < 1.29 is 0 Å². The zero-order chi connectivity index (χ0) is 23.0. The van der Waals surface area contributed by atoms with Crippen molar-refractivity contribution in [2.45, 2.75) is 52.4 Å². The Kier molecular flexibility index (Phi) is 4.71. The van der Waals surface area contributed by atoms with Crippen LogP contribution in [0.15, 0.2) is 59.4 Å². The van der Waals surface area contributed by atoms with Gasteiger partial charge in [0.1, 0.15) is 0 Å². The minimum atomic E-state index is 0.0525. The maximum Gasteiger partial charge on any atom is 0.195 e. The lowest BCUT2D eigenvalue weighted by Gasteiger charge is -2.30. The van der Waals surface area contributed by atoms with Crippen LogP contribution in [-0.2, 0) is 10.8 Å². The van der Waals surface area contributed by atoms with Crippen molar-refractivity contribution in [1.29, 1.82) is 0 Å². The summed E-state index contributed by atoms with van der Waals surface area (Å²) in [7, 11) is 0. The van der Waals surface area contributed by atoms with E-state index in [1.807, 2.05) is 12.1 Å². The monoisotopic (exact) mass is 458 g/mol. The van der Waals surface area contributed by atoms with Crippen molar-refractivity contribution in [1.82, 2.24) is 0 Å². The third-order valence-corrected chi connectivity index (χ3v) is 7.67. The summed E-state index contributed by atoms with van der Waals surface area (Å²) in [6.45, 7) is 13.7. The first-order valence-electron chi connectivity index (χ1n) is 11.0. The average molecular weight is 459 g/mol. The normalized spacial score (nSPS) is 13.0. The third kappa shape index (κ3) is 3.50. The molecule has 0 saturated heterocycles. The Morgan fingerprint density at radius 2 is 1.12 bits per heavy atom. The smallest absolute Gasteiger partial charge is 0.195 e. The molecule has 0 unspecified atom stereocenters. The molecule has 162 valence electrons. The first-order chi connectivity index (χ1) is 14.9. The average Bonchev–Trinajstić information content (AvgIpc) is 2.69. The Morgan fingerprint density at radius 3 is 1.69 bits per heavy atom. The Labute approximate surface area is 197 Å². The number of hydrogen-bond donors (Lipinski definition) is 0. The van der Waals surface area contributed by atoms with Gasteiger partial charge in [-0.1, -0.05) is 65.3 Å². The van der Waals surface area contributed by atoms with Crippen LogP contribution >= 0.6 is 22.9 Å². The van der Waals surface area contributed by atoms with Crippen LogP contribution in [0.1, 0.15) is 52.7 Å². The summed E-state index contributed by atoms with van der Waals surface area (Å²) in [6.07, 6.45) is 0. The van der Waals surface area contributed by atoms with E-state index >= 15 is 0 Å². The molecule has 32 heavy (non-hydrogen) atoms. The standard InChI is InChI=1S/C29H27ClOS/c1-28(2,3)23-12-17-9-16-11-21-26(32-25-8-7-20(30)15-22(25)27(21)31)14-19(16)10-18(17)13-24(23)29(4,5)6/h7-15H,1-6H3. The van der Waals surface area contributed by atoms with Crippen molar-refractivity contribution >= 4 is 64.7 Å². The van der Waals surface area contributed by atoms with E-state index in [-0.39, 0.29) is 16.3 Å². The van der Waals surface area contributed by atoms with Crippen LogP contribution in [0.25, 0.3) is 41.7 Å². The molecule has 1 nitrogen and oxygen atoms in total. The Morgan fingerprint density at radius 1 is 0.625 bits per heavy atom. The highest BCUT2D eigenvalue weighted by Gasteiger charge is 2.25. The van der Waals surface area contributed by atoms with Crippen molar-refractivity contribution in [3.8, 4) is 0 Å². The quantitative estimate of drug-likeness (QED) is 0.211. The van der Waals surface area contributed by atoms with Crippen LogP contribution in [-0.4, -0.2) is 0 Å².